The van der Waals surface area contributed by atoms with Crippen molar-refractivity contribution in [2.75, 3.05) is 0 Å². The average molecular weight is 256 g/mol. The molecule has 2 unspecified atom stereocenters. The van der Waals surface area contributed by atoms with Crippen LogP contribution in [0.15, 0.2) is 12.2 Å². The number of ketones is 1. The van der Waals surface area contributed by atoms with Gasteiger partial charge in [0.25, 0.3) is 0 Å². The van der Waals surface area contributed by atoms with Crippen LogP contribution in [-0.2, 0) is 19.1 Å². The van der Waals surface area contributed by atoms with Crippen molar-refractivity contribution in [2.24, 2.45) is 5.92 Å². The lowest BCUT2D eigenvalue weighted by Crippen LogP contribution is -2.21. The van der Waals surface area contributed by atoms with Crippen LogP contribution in [0.4, 0.5) is 0 Å². The molecule has 0 saturated heterocycles. The molecule has 5 nitrogen and oxygen atoms in total. The van der Waals surface area contributed by atoms with E-state index in [1.165, 1.54) is 19.9 Å². The van der Waals surface area contributed by atoms with Crippen molar-refractivity contribution in [3.8, 4) is 0 Å². The molecular weight excluding hydrogens is 236 g/mol. The summed E-state index contributed by atoms with van der Waals surface area (Å²) in [4.78, 5) is 32.5. The van der Waals surface area contributed by atoms with Crippen molar-refractivity contribution < 1.29 is 24.2 Å². The molecule has 0 saturated carbocycles. The highest BCUT2D eigenvalue weighted by Crippen LogP contribution is 2.11. The maximum Gasteiger partial charge on any atom is 0.303 e. The smallest absolute Gasteiger partial charge is 0.303 e. The van der Waals surface area contributed by atoms with Crippen LogP contribution >= 0.6 is 0 Å². The molecule has 0 heterocycles. The second-order valence-electron chi connectivity index (χ2n) is 4.33. The summed E-state index contributed by atoms with van der Waals surface area (Å²) in [6, 6.07) is 0. The summed E-state index contributed by atoms with van der Waals surface area (Å²) in [5.41, 5.74) is 0. The van der Waals surface area contributed by atoms with E-state index in [2.05, 4.69) is 0 Å². The Morgan fingerprint density at radius 1 is 1.28 bits per heavy atom. The molecule has 18 heavy (non-hydrogen) atoms. The van der Waals surface area contributed by atoms with Gasteiger partial charge in [-0.3, -0.25) is 14.4 Å². The number of allylic oxidation sites excluding steroid dienone is 1. The Kier molecular flexibility index (Phi) is 7.67. The predicted molar refractivity (Wildman–Crippen MR) is 66.0 cm³/mol. The number of ether oxygens (including phenoxy) is 1. The van der Waals surface area contributed by atoms with Crippen molar-refractivity contribution >= 4 is 17.7 Å². The molecule has 102 valence electrons. The van der Waals surface area contributed by atoms with E-state index in [1.807, 2.05) is 6.92 Å². The van der Waals surface area contributed by atoms with E-state index in [0.717, 1.165) is 0 Å². The number of carboxylic acids is 1. The summed E-state index contributed by atoms with van der Waals surface area (Å²) in [6.45, 7) is 4.69. The number of rotatable bonds is 8. The Morgan fingerprint density at radius 3 is 2.39 bits per heavy atom. The van der Waals surface area contributed by atoms with Crippen LogP contribution in [-0.4, -0.2) is 28.9 Å². The third kappa shape index (κ3) is 8.50. The molecule has 0 amide bonds. The van der Waals surface area contributed by atoms with Crippen LogP contribution in [0.5, 0.6) is 0 Å². The molecule has 0 aromatic rings. The van der Waals surface area contributed by atoms with Gasteiger partial charge in [0.15, 0.2) is 11.9 Å². The lowest BCUT2D eigenvalue weighted by molar-refractivity contribution is -0.150. The van der Waals surface area contributed by atoms with Gasteiger partial charge in [0.1, 0.15) is 0 Å². The monoisotopic (exact) mass is 256 g/mol. The summed E-state index contributed by atoms with van der Waals surface area (Å²) in [5, 5.41) is 8.51. The number of carboxylic acid groups (broad SMARTS) is 1. The Hall–Kier alpha value is -1.65. The highest BCUT2D eigenvalue weighted by molar-refractivity contribution is 5.94. The quantitative estimate of drug-likeness (QED) is 0.530. The fraction of sp³-hybridized carbons (Fsp3) is 0.615. The molecule has 0 aromatic heterocycles. The number of carbonyl (C=O) groups is 3. The minimum absolute atomic E-state index is 0.132. The minimum atomic E-state index is -0.814. The van der Waals surface area contributed by atoms with Gasteiger partial charge in [-0.1, -0.05) is 13.0 Å². The van der Waals surface area contributed by atoms with Gasteiger partial charge in [-0.25, -0.2) is 0 Å². The van der Waals surface area contributed by atoms with Gasteiger partial charge < -0.3 is 9.84 Å². The number of hydrogen-bond acceptors (Lipinski definition) is 4. The first-order valence-electron chi connectivity index (χ1n) is 5.92. The zero-order chi connectivity index (χ0) is 14.1. The van der Waals surface area contributed by atoms with Crippen LogP contribution in [0.3, 0.4) is 0 Å². The fourth-order valence-corrected chi connectivity index (χ4v) is 1.35. The van der Waals surface area contributed by atoms with E-state index in [9.17, 15) is 14.4 Å². The van der Waals surface area contributed by atoms with Gasteiger partial charge in [-0.05, 0) is 31.8 Å². The van der Waals surface area contributed by atoms with Gasteiger partial charge in [-0.15, -0.1) is 0 Å². The molecule has 0 spiro atoms. The lowest BCUT2D eigenvalue weighted by Gasteiger charge is -2.08. The molecular formula is C13H20O5. The minimum Gasteiger partial charge on any atom is -0.481 e. The van der Waals surface area contributed by atoms with E-state index < -0.39 is 18.0 Å². The van der Waals surface area contributed by atoms with Crippen LogP contribution in [0.2, 0.25) is 0 Å². The number of esters is 1. The first kappa shape index (κ1) is 16.4. The van der Waals surface area contributed by atoms with Crippen molar-refractivity contribution in [1.82, 2.24) is 0 Å². The fourth-order valence-electron chi connectivity index (χ4n) is 1.35. The van der Waals surface area contributed by atoms with E-state index in [0.29, 0.717) is 12.8 Å². The average Bonchev–Trinajstić information content (AvgIpc) is 2.25. The third-order valence-corrected chi connectivity index (χ3v) is 2.41. The van der Waals surface area contributed by atoms with E-state index in [1.54, 1.807) is 6.08 Å². The summed E-state index contributed by atoms with van der Waals surface area (Å²) < 4.78 is 4.73. The number of hydrogen-bond donors (Lipinski definition) is 1. The summed E-state index contributed by atoms with van der Waals surface area (Å²) in [7, 11) is 0. The van der Waals surface area contributed by atoms with Crippen molar-refractivity contribution in [2.45, 2.75) is 46.1 Å². The topological polar surface area (TPSA) is 80.7 Å². The van der Waals surface area contributed by atoms with E-state index in [-0.39, 0.29) is 18.1 Å². The van der Waals surface area contributed by atoms with Crippen molar-refractivity contribution in [3.63, 3.8) is 0 Å². The Labute approximate surface area is 107 Å². The molecule has 5 heteroatoms. The lowest BCUT2D eigenvalue weighted by atomic mass is 10.0. The zero-order valence-corrected chi connectivity index (χ0v) is 11.0. The Bertz CT molecular complexity index is 332. The molecule has 0 fully saturated rings. The summed E-state index contributed by atoms with van der Waals surface area (Å²) in [6.07, 6.45) is 3.64. The molecule has 0 bridgehead atoms. The van der Waals surface area contributed by atoms with Crippen LogP contribution in [0.25, 0.3) is 0 Å². The van der Waals surface area contributed by atoms with Crippen molar-refractivity contribution in [1.29, 1.82) is 0 Å². The van der Waals surface area contributed by atoms with Gasteiger partial charge in [-0.2, -0.15) is 0 Å². The summed E-state index contributed by atoms with van der Waals surface area (Å²) >= 11 is 0. The molecule has 1 N–H and O–H groups in total. The SMILES string of the molecule is CC(=O)OC(C)C(=O)C=CCC(C)CCC(=O)O. The van der Waals surface area contributed by atoms with Gasteiger partial charge in [0, 0.05) is 13.3 Å². The van der Waals surface area contributed by atoms with Gasteiger partial charge in [0.05, 0.1) is 0 Å². The predicted octanol–water partition coefficient (Wildman–Crippen LogP) is 1.95. The second-order valence-corrected chi connectivity index (χ2v) is 4.33. The molecule has 0 aliphatic carbocycles. The van der Waals surface area contributed by atoms with Crippen LogP contribution in [0.1, 0.15) is 40.0 Å². The number of aliphatic carboxylic acids is 1. The second kappa shape index (κ2) is 8.44. The molecule has 0 aromatic carbocycles. The largest absolute Gasteiger partial charge is 0.481 e. The molecule has 0 rings (SSSR count). The number of carbonyl (C=O) groups excluding carboxylic acids is 2. The Morgan fingerprint density at radius 2 is 1.89 bits per heavy atom. The maximum absolute atomic E-state index is 11.5. The third-order valence-electron chi connectivity index (χ3n) is 2.41. The first-order chi connectivity index (χ1) is 8.32. The van der Waals surface area contributed by atoms with Gasteiger partial charge in [0.2, 0.25) is 0 Å². The van der Waals surface area contributed by atoms with Crippen LogP contribution < -0.4 is 0 Å². The zero-order valence-electron chi connectivity index (χ0n) is 11.0. The molecule has 0 radical (unpaired) electrons. The normalized spacial score (nSPS) is 14.2. The highest BCUT2D eigenvalue weighted by Gasteiger charge is 2.12. The van der Waals surface area contributed by atoms with E-state index in [4.69, 9.17) is 9.84 Å². The maximum atomic E-state index is 11.5. The first-order valence-corrected chi connectivity index (χ1v) is 5.92. The van der Waals surface area contributed by atoms with Crippen molar-refractivity contribution in [3.05, 3.63) is 12.2 Å². The molecule has 0 aliphatic heterocycles. The highest BCUT2D eigenvalue weighted by atomic mass is 16.5. The Balaban J connectivity index is 3.97. The molecule has 0 aliphatic rings. The van der Waals surface area contributed by atoms with Gasteiger partial charge >= 0.3 is 11.9 Å². The standard InChI is InChI=1S/C13H20O5/c1-9(7-8-13(16)17)5-4-6-12(15)10(2)18-11(3)14/h4,6,9-10H,5,7-8H2,1-3H3,(H,16,17). The molecule has 2 atom stereocenters. The van der Waals surface area contributed by atoms with Crippen LogP contribution in [0, 0.1) is 5.92 Å². The van der Waals surface area contributed by atoms with E-state index >= 15 is 0 Å². The summed E-state index contributed by atoms with van der Waals surface area (Å²) in [5.74, 6) is -1.37.